The van der Waals surface area contributed by atoms with Crippen LogP contribution in [0.2, 0.25) is 10.0 Å². The van der Waals surface area contributed by atoms with E-state index in [4.69, 9.17) is 23.2 Å². The molecular weight excluding hydrogens is 395 g/mol. The summed E-state index contributed by atoms with van der Waals surface area (Å²) in [6.45, 7) is 6.63. The summed E-state index contributed by atoms with van der Waals surface area (Å²) >= 11 is 12.5. The summed E-state index contributed by atoms with van der Waals surface area (Å²) < 4.78 is 0. The van der Waals surface area contributed by atoms with Crippen LogP contribution in [-0.4, -0.2) is 29.3 Å². The molecule has 2 rings (SSSR count). The second-order valence-electron chi connectivity index (χ2n) is 6.70. The van der Waals surface area contributed by atoms with Crippen LogP contribution in [-0.2, 0) is 22.6 Å². The molecule has 0 aliphatic rings. The van der Waals surface area contributed by atoms with Gasteiger partial charge < -0.3 is 10.2 Å². The third-order valence-corrected chi connectivity index (χ3v) is 5.31. The van der Waals surface area contributed by atoms with Crippen LogP contribution in [0.5, 0.6) is 0 Å². The van der Waals surface area contributed by atoms with Gasteiger partial charge in [-0.3, -0.25) is 9.59 Å². The van der Waals surface area contributed by atoms with E-state index < -0.39 is 6.04 Å². The lowest BCUT2D eigenvalue weighted by molar-refractivity contribution is -0.140. The lowest BCUT2D eigenvalue weighted by atomic mass is 10.1. The Morgan fingerprint density at radius 3 is 2.18 bits per heavy atom. The van der Waals surface area contributed by atoms with E-state index in [1.165, 1.54) is 0 Å². The maximum absolute atomic E-state index is 13.2. The van der Waals surface area contributed by atoms with Crippen LogP contribution in [0.3, 0.4) is 0 Å². The molecule has 0 bridgehead atoms. The van der Waals surface area contributed by atoms with Gasteiger partial charge in [-0.05, 0) is 43.5 Å². The van der Waals surface area contributed by atoms with Gasteiger partial charge in [-0.1, -0.05) is 66.0 Å². The number of nitrogens with zero attached hydrogens (tertiary/aromatic N) is 1. The van der Waals surface area contributed by atoms with Crippen molar-refractivity contribution < 1.29 is 9.59 Å². The molecular formula is C22H26Cl2N2O2. The molecule has 150 valence electrons. The number of carbonyl (C=O) groups is 2. The number of carbonyl (C=O) groups excluding carboxylic acids is 2. The summed E-state index contributed by atoms with van der Waals surface area (Å²) in [4.78, 5) is 27.4. The molecule has 28 heavy (non-hydrogen) atoms. The molecule has 2 aromatic rings. The predicted octanol–water partition coefficient (Wildman–Crippen LogP) is 4.79. The Kier molecular flexibility index (Phi) is 8.34. The topological polar surface area (TPSA) is 49.4 Å². The minimum atomic E-state index is -0.560. The monoisotopic (exact) mass is 420 g/mol. The first-order valence-electron chi connectivity index (χ1n) is 9.42. The van der Waals surface area contributed by atoms with E-state index in [0.29, 0.717) is 35.1 Å². The highest BCUT2D eigenvalue weighted by molar-refractivity contribution is 6.36. The summed E-state index contributed by atoms with van der Waals surface area (Å²) in [7, 11) is 0. The van der Waals surface area contributed by atoms with Gasteiger partial charge in [0.15, 0.2) is 0 Å². The van der Waals surface area contributed by atoms with Crippen LogP contribution in [0.15, 0.2) is 42.5 Å². The average molecular weight is 421 g/mol. The molecule has 0 saturated carbocycles. The van der Waals surface area contributed by atoms with Crippen LogP contribution >= 0.6 is 23.2 Å². The van der Waals surface area contributed by atoms with Gasteiger partial charge in [-0.25, -0.2) is 0 Å². The van der Waals surface area contributed by atoms with Crippen molar-refractivity contribution in [1.29, 1.82) is 0 Å². The van der Waals surface area contributed by atoms with Crippen LogP contribution in [0.4, 0.5) is 0 Å². The number of aryl methyl sites for hydroxylation is 1. The summed E-state index contributed by atoms with van der Waals surface area (Å²) in [5.41, 5.74) is 2.68. The first kappa shape index (κ1) is 22.3. The summed E-state index contributed by atoms with van der Waals surface area (Å²) in [6.07, 6.45) is 0.556. The number of hydrogen-bond acceptors (Lipinski definition) is 2. The highest BCUT2D eigenvalue weighted by atomic mass is 35.5. The molecule has 0 heterocycles. The largest absolute Gasteiger partial charge is 0.355 e. The Labute approximate surface area is 176 Å². The van der Waals surface area contributed by atoms with Gasteiger partial charge in [0.25, 0.3) is 0 Å². The number of benzene rings is 2. The minimum Gasteiger partial charge on any atom is -0.355 e. The van der Waals surface area contributed by atoms with Gasteiger partial charge in [0.1, 0.15) is 6.04 Å². The number of rotatable bonds is 8. The fraction of sp³-hybridized carbons (Fsp3) is 0.364. The number of hydrogen-bond donors (Lipinski definition) is 1. The van der Waals surface area contributed by atoms with E-state index in [1.807, 2.05) is 45.0 Å². The second-order valence-corrected chi connectivity index (χ2v) is 7.52. The van der Waals surface area contributed by atoms with E-state index in [-0.39, 0.29) is 18.2 Å². The number of nitrogens with one attached hydrogen (secondary N) is 1. The predicted molar refractivity (Wildman–Crippen MR) is 115 cm³/mol. The fourth-order valence-electron chi connectivity index (χ4n) is 3.06. The van der Waals surface area contributed by atoms with Crippen molar-refractivity contribution >= 4 is 35.0 Å². The molecule has 1 unspecified atom stereocenters. The average Bonchev–Trinajstić information content (AvgIpc) is 2.66. The normalized spacial score (nSPS) is 11.8. The lowest BCUT2D eigenvalue weighted by Gasteiger charge is -2.31. The van der Waals surface area contributed by atoms with Crippen molar-refractivity contribution in [2.45, 2.75) is 46.2 Å². The van der Waals surface area contributed by atoms with Crippen molar-refractivity contribution in [3.05, 3.63) is 69.2 Å². The molecule has 0 aliphatic heterocycles. The molecule has 0 radical (unpaired) electrons. The quantitative estimate of drug-likeness (QED) is 0.667. The van der Waals surface area contributed by atoms with E-state index in [2.05, 4.69) is 5.32 Å². The molecule has 2 aromatic carbocycles. The molecule has 6 heteroatoms. The third kappa shape index (κ3) is 5.73. The van der Waals surface area contributed by atoms with E-state index in [9.17, 15) is 9.59 Å². The van der Waals surface area contributed by atoms with Crippen LogP contribution in [0.1, 0.15) is 37.0 Å². The molecule has 0 fully saturated rings. The Balaban J connectivity index is 2.33. The zero-order valence-electron chi connectivity index (χ0n) is 16.5. The number of amides is 2. The SMILES string of the molecule is CCNC(=O)C(CC)N(Cc1ccc(C)cc1)C(=O)Cc1c(Cl)cccc1Cl. The number of halogens is 2. The Morgan fingerprint density at radius 1 is 1.04 bits per heavy atom. The smallest absolute Gasteiger partial charge is 0.242 e. The van der Waals surface area contributed by atoms with Crippen LogP contribution < -0.4 is 5.32 Å². The van der Waals surface area contributed by atoms with Crippen LogP contribution in [0, 0.1) is 6.92 Å². The number of likely N-dealkylation sites (N-methyl/N-ethyl adjacent to an activating group) is 1. The Bertz CT molecular complexity index is 802. The van der Waals surface area contributed by atoms with Gasteiger partial charge >= 0.3 is 0 Å². The minimum absolute atomic E-state index is 0.0419. The zero-order valence-corrected chi connectivity index (χ0v) is 18.0. The first-order valence-corrected chi connectivity index (χ1v) is 10.2. The van der Waals surface area contributed by atoms with Gasteiger partial charge in [0, 0.05) is 23.1 Å². The fourth-order valence-corrected chi connectivity index (χ4v) is 3.59. The molecule has 1 atom stereocenters. The standard InChI is InChI=1S/C22H26Cl2N2O2/c1-4-20(22(28)25-5-2)26(14-16-11-9-15(3)10-12-16)21(27)13-17-18(23)7-6-8-19(17)24/h6-12,20H,4-5,13-14H2,1-3H3,(H,25,28). The highest BCUT2D eigenvalue weighted by Gasteiger charge is 2.29. The van der Waals surface area contributed by atoms with Crippen LogP contribution in [0.25, 0.3) is 0 Å². The summed E-state index contributed by atoms with van der Waals surface area (Å²) in [5, 5.41) is 3.72. The van der Waals surface area contributed by atoms with Crippen molar-refractivity contribution in [1.82, 2.24) is 10.2 Å². The summed E-state index contributed by atoms with van der Waals surface area (Å²) in [6, 6.07) is 12.5. The van der Waals surface area contributed by atoms with Crippen molar-refractivity contribution in [3.8, 4) is 0 Å². The zero-order chi connectivity index (χ0) is 20.7. The molecule has 0 saturated heterocycles. The van der Waals surface area contributed by atoms with Gasteiger partial charge in [-0.2, -0.15) is 0 Å². The molecule has 4 nitrogen and oxygen atoms in total. The maximum atomic E-state index is 13.2. The van der Waals surface area contributed by atoms with Crippen molar-refractivity contribution in [2.75, 3.05) is 6.54 Å². The van der Waals surface area contributed by atoms with Gasteiger partial charge in [0.05, 0.1) is 6.42 Å². The van der Waals surface area contributed by atoms with E-state index >= 15 is 0 Å². The molecule has 0 aliphatic carbocycles. The van der Waals surface area contributed by atoms with Gasteiger partial charge in [0.2, 0.25) is 11.8 Å². The van der Waals surface area contributed by atoms with Crippen molar-refractivity contribution in [2.24, 2.45) is 0 Å². The molecule has 2 amide bonds. The highest BCUT2D eigenvalue weighted by Crippen LogP contribution is 2.26. The second kappa shape index (κ2) is 10.5. The van der Waals surface area contributed by atoms with Crippen molar-refractivity contribution in [3.63, 3.8) is 0 Å². The Hall–Kier alpha value is -2.04. The third-order valence-electron chi connectivity index (χ3n) is 4.60. The molecule has 0 spiro atoms. The maximum Gasteiger partial charge on any atom is 0.242 e. The Morgan fingerprint density at radius 2 is 1.64 bits per heavy atom. The molecule has 0 aromatic heterocycles. The summed E-state index contributed by atoms with van der Waals surface area (Å²) in [5.74, 6) is -0.343. The molecule has 1 N–H and O–H groups in total. The van der Waals surface area contributed by atoms with E-state index in [1.54, 1.807) is 23.1 Å². The van der Waals surface area contributed by atoms with E-state index in [0.717, 1.165) is 11.1 Å². The van der Waals surface area contributed by atoms with Gasteiger partial charge in [-0.15, -0.1) is 0 Å². The lowest BCUT2D eigenvalue weighted by Crippen LogP contribution is -2.49. The first-order chi connectivity index (χ1) is 13.4.